The van der Waals surface area contributed by atoms with Gasteiger partial charge in [0.2, 0.25) is 10.0 Å². The number of ether oxygens (including phenoxy) is 1. The van der Waals surface area contributed by atoms with Crippen LogP contribution in [0.1, 0.15) is 21.5 Å². The largest absolute Gasteiger partial charge is 0.416 e. The van der Waals surface area contributed by atoms with E-state index in [0.29, 0.717) is 5.56 Å². The van der Waals surface area contributed by atoms with Crippen molar-refractivity contribution in [3.63, 3.8) is 0 Å². The fraction of sp³-hybridized carbons (Fsp3) is 0.316. The lowest BCUT2D eigenvalue weighted by atomic mass is 10.1. The summed E-state index contributed by atoms with van der Waals surface area (Å²) in [5, 5.41) is 2.26. The Morgan fingerprint density at radius 2 is 1.80 bits per heavy atom. The molecule has 0 unspecified atom stereocenters. The summed E-state index contributed by atoms with van der Waals surface area (Å²) in [5.41, 5.74) is -0.728. The predicted molar refractivity (Wildman–Crippen MR) is 105 cm³/mol. The Labute approximate surface area is 176 Å². The van der Waals surface area contributed by atoms with Gasteiger partial charge in [0.05, 0.1) is 34.4 Å². The predicted octanol–water partition coefficient (Wildman–Crippen LogP) is 3.94. The smallest absolute Gasteiger partial charge is 0.379 e. The number of sulfonamides is 1. The molecule has 0 spiro atoms. The fourth-order valence-corrected chi connectivity index (χ4v) is 4.53. The van der Waals surface area contributed by atoms with Crippen molar-refractivity contribution < 1.29 is 31.1 Å². The van der Waals surface area contributed by atoms with E-state index in [2.05, 4.69) is 5.32 Å². The van der Waals surface area contributed by atoms with Gasteiger partial charge < -0.3 is 10.1 Å². The van der Waals surface area contributed by atoms with Crippen molar-refractivity contribution in [2.75, 3.05) is 31.6 Å². The summed E-state index contributed by atoms with van der Waals surface area (Å²) in [6, 6.07) is 6.62. The number of halogens is 4. The number of nitrogens with zero attached hydrogens (tertiary/aromatic N) is 1. The van der Waals surface area contributed by atoms with Crippen LogP contribution < -0.4 is 5.32 Å². The zero-order chi connectivity index (χ0) is 22.1. The maximum absolute atomic E-state index is 12.9. The number of benzene rings is 2. The molecule has 1 amide bonds. The first kappa shape index (κ1) is 22.5. The Hall–Kier alpha value is -2.14. The molecule has 0 saturated carbocycles. The van der Waals surface area contributed by atoms with Gasteiger partial charge in [-0.2, -0.15) is 17.5 Å². The number of amides is 1. The molecule has 0 atom stereocenters. The van der Waals surface area contributed by atoms with Crippen LogP contribution in [0.5, 0.6) is 0 Å². The standard InChI is InChI=1S/C19H18ClF3N2O4S/c1-12-2-4-14(30(27,28)25-6-8-29-9-7-25)11-15(12)18(26)24-17-10-13(19(21,22)23)3-5-16(17)20/h2-5,10-11H,6-9H2,1H3,(H,24,26). The highest BCUT2D eigenvalue weighted by Gasteiger charge is 2.31. The molecule has 0 radical (unpaired) electrons. The first-order chi connectivity index (χ1) is 14.0. The number of alkyl halides is 3. The normalized spacial score (nSPS) is 15.8. The molecule has 2 aromatic carbocycles. The quantitative estimate of drug-likeness (QED) is 0.746. The van der Waals surface area contributed by atoms with Crippen LogP contribution in [0.2, 0.25) is 5.02 Å². The van der Waals surface area contributed by atoms with Crippen molar-refractivity contribution in [3.05, 3.63) is 58.1 Å². The minimum atomic E-state index is -4.61. The highest BCUT2D eigenvalue weighted by Crippen LogP contribution is 2.34. The Kier molecular flexibility index (Phi) is 6.42. The van der Waals surface area contributed by atoms with Gasteiger partial charge in [-0.25, -0.2) is 8.42 Å². The third-order valence-corrected chi connectivity index (χ3v) is 6.83. The number of rotatable bonds is 4. The van der Waals surface area contributed by atoms with Crippen LogP contribution in [0.3, 0.4) is 0 Å². The van der Waals surface area contributed by atoms with Crippen LogP contribution in [0, 0.1) is 6.92 Å². The lowest BCUT2D eigenvalue weighted by Crippen LogP contribution is -2.40. The van der Waals surface area contributed by atoms with Gasteiger partial charge in [-0.1, -0.05) is 17.7 Å². The SMILES string of the molecule is Cc1ccc(S(=O)(=O)N2CCOCC2)cc1C(=O)Nc1cc(C(F)(F)F)ccc1Cl. The summed E-state index contributed by atoms with van der Waals surface area (Å²) >= 11 is 5.93. The third-order valence-electron chi connectivity index (χ3n) is 4.60. The summed E-state index contributed by atoms with van der Waals surface area (Å²) in [7, 11) is -3.84. The summed E-state index contributed by atoms with van der Waals surface area (Å²) in [6.45, 7) is 2.52. The van der Waals surface area contributed by atoms with E-state index in [4.69, 9.17) is 16.3 Å². The molecule has 30 heavy (non-hydrogen) atoms. The fourth-order valence-electron chi connectivity index (χ4n) is 2.93. The molecule has 1 saturated heterocycles. The molecular weight excluding hydrogens is 445 g/mol. The second-order valence-corrected chi connectivity index (χ2v) is 8.98. The number of hydrogen-bond donors (Lipinski definition) is 1. The van der Waals surface area contributed by atoms with Crippen LogP contribution in [0.25, 0.3) is 0 Å². The zero-order valence-electron chi connectivity index (χ0n) is 15.8. The second-order valence-electron chi connectivity index (χ2n) is 6.64. The van der Waals surface area contributed by atoms with Crippen molar-refractivity contribution in [1.29, 1.82) is 0 Å². The minimum Gasteiger partial charge on any atom is -0.379 e. The molecule has 3 rings (SSSR count). The topological polar surface area (TPSA) is 75.7 Å². The van der Waals surface area contributed by atoms with E-state index in [1.807, 2.05) is 0 Å². The first-order valence-corrected chi connectivity index (χ1v) is 10.7. The molecule has 0 aromatic heterocycles. The second kappa shape index (κ2) is 8.54. The molecule has 6 nitrogen and oxygen atoms in total. The number of hydrogen-bond acceptors (Lipinski definition) is 4. The maximum atomic E-state index is 12.9. The summed E-state index contributed by atoms with van der Waals surface area (Å²) in [6.07, 6.45) is -4.61. The van der Waals surface area contributed by atoms with Crippen LogP contribution in [0.4, 0.5) is 18.9 Å². The number of morpholine rings is 1. The van der Waals surface area contributed by atoms with Gasteiger partial charge in [-0.15, -0.1) is 0 Å². The number of nitrogens with one attached hydrogen (secondary N) is 1. The van der Waals surface area contributed by atoms with Gasteiger partial charge in [0.1, 0.15) is 0 Å². The van der Waals surface area contributed by atoms with Crippen LogP contribution in [0.15, 0.2) is 41.3 Å². The van der Waals surface area contributed by atoms with Crippen molar-refractivity contribution in [2.45, 2.75) is 18.0 Å². The molecule has 1 fully saturated rings. The molecule has 1 aliphatic rings. The molecule has 11 heteroatoms. The first-order valence-electron chi connectivity index (χ1n) is 8.87. The summed E-state index contributed by atoms with van der Waals surface area (Å²) in [5.74, 6) is -0.771. The molecule has 2 aromatic rings. The highest BCUT2D eigenvalue weighted by molar-refractivity contribution is 7.89. The van der Waals surface area contributed by atoms with E-state index in [1.54, 1.807) is 6.92 Å². The molecule has 1 aliphatic heterocycles. The molecule has 0 aliphatic carbocycles. The summed E-state index contributed by atoms with van der Waals surface area (Å²) < 4.78 is 70.9. The zero-order valence-corrected chi connectivity index (χ0v) is 17.4. The van der Waals surface area contributed by atoms with Gasteiger partial charge >= 0.3 is 6.18 Å². The van der Waals surface area contributed by atoms with E-state index < -0.39 is 27.7 Å². The molecule has 1 heterocycles. The number of aryl methyl sites for hydroxylation is 1. The van der Waals surface area contributed by atoms with Crippen LogP contribution >= 0.6 is 11.6 Å². The van der Waals surface area contributed by atoms with Gasteiger partial charge in [-0.05, 0) is 42.8 Å². The van der Waals surface area contributed by atoms with Gasteiger partial charge in [0.15, 0.2) is 0 Å². The average molecular weight is 463 g/mol. The number of carbonyl (C=O) groups is 1. The van der Waals surface area contributed by atoms with Crippen LogP contribution in [-0.4, -0.2) is 44.9 Å². The Bertz CT molecular complexity index is 1070. The van der Waals surface area contributed by atoms with E-state index in [1.165, 1.54) is 22.5 Å². The third kappa shape index (κ3) is 4.77. The monoisotopic (exact) mass is 462 g/mol. The maximum Gasteiger partial charge on any atom is 0.416 e. The van der Waals surface area contributed by atoms with E-state index >= 15 is 0 Å². The molecule has 162 valence electrons. The lowest BCUT2D eigenvalue weighted by Gasteiger charge is -2.26. The van der Waals surface area contributed by atoms with E-state index in [-0.39, 0.29) is 47.5 Å². The Morgan fingerprint density at radius 3 is 2.43 bits per heavy atom. The van der Waals surface area contributed by atoms with Gasteiger partial charge in [0, 0.05) is 18.7 Å². The number of carbonyl (C=O) groups excluding carboxylic acids is 1. The van der Waals surface area contributed by atoms with Crippen LogP contribution in [-0.2, 0) is 20.9 Å². The lowest BCUT2D eigenvalue weighted by molar-refractivity contribution is -0.137. The molecule has 0 bridgehead atoms. The molecule has 1 N–H and O–H groups in total. The van der Waals surface area contributed by atoms with Crippen molar-refractivity contribution in [2.24, 2.45) is 0 Å². The van der Waals surface area contributed by atoms with Crippen molar-refractivity contribution in [1.82, 2.24) is 4.31 Å². The Balaban J connectivity index is 1.91. The summed E-state index contributed by atoms with van der Waals surface area (Å²) in [4.78, 5) is 12.6. The molecular formula is C19H18ClF3N2O4S. The van der Waals surface area contributed by atoms with E-state index in [9.17, 15) is 26.4 Å². The highest BCUT2D eigenvalue weighted by atomic mass is 35.5. The number of anilines is 1. The van der Waals surface area contributed by atoms with E-state index in [0.717, 1.165) is 18.2 Å². The van der Waals surface area contributed by atoms with Crippen molar-refractivity contribution >= 4 is 33.2 Å². The van der Waals surface area contributed by atoms with Gasteiger partial charge in [0.25, 0.3) is 5.91 Å². The minimum absolute atomic E-state index is 0.0119. The average Bonchev–Trinajstić information content (AvgIpc) is 2.69. The van der Waals surface area contributed by atoms with Crippen molar-refractivity contribution in [3.8, 4) is 0 Å². The van der Waals surface area contributed by atoms with Gasteiger partial charge in [-0.3, -0.25) is 4.79 Å². The Morgan fingerprint density at radius 1 is 1.13 bits per heavy atom.